The van der Waals surface area contributed by atoms with E-state index in [1.54, 1.807) is 11.3 Å². The number of hydrogen-bond acceptors (Lipinski definition) is 4. The molecule has 1 N–H and O–H groups in total. The van der Waals surface area contributed by atoms with Crippen LogP contribution in [0.25, 0.3) is 10.3 Å². The van der Waals surface area contributed by atoms with Crippen molar-refractivity contribution in [2.24, 2.45) is 0 Å². The molecule has 2 rings (SSSR count). The van der Waals surface area contributed by atoms with E-state index >= 15 is 0 Å². The number of nitrogens with zero attached hydrogens (tertiary/aromatic N) is 2. The zero-order chi connectivity index (χ0) is 8.72. The lowest BCUT2D eigenvalue weighted by molar-refractivity contribution is 1.11. The molecule has 0 aliphatic heterocycles. The SMILES string of the molecule is Cc1nc2c(C)[nH]c(=S)nc2s1. The number of aryl methyl sites for hydroxylation is 2. The Labute approximate surface area is 78.5 Å². The summed E-state index contributed by atoms with van der Waals surface area (Å²) in [6, 6.07) is 0. The van der Waals surface area contributed by atoms with Crippen molar-refractivity contribution >= 4 is 33.9 Å². The van der Waals surface area contributed by atoms with Gasteiger partial charge in [0.2, 0.25) is 0 Å². The normalized spacial score (nSPS) is 10.8. The minimum atomic E-state index is 0.531. The third kappa shape index (κ3) is 1.15. The lowest BCUT2D eigenvalue weighted by Crippen LogP contribution is -1.86. The molecule has 12 heavy (non-hydrogen) atoms. The summed E-state index contributed by atoms with van der Waals surface area (Å²) >= 11 is 6.52. The van der Waals surface area contributed by atoms with E-state index in [2.05, 4.69) is 15.0 Å². The second kappa shape index (κ2) is 2.60. The van der Waals surface area contributed by atoms with Gasteiger partial charge in [0.1, 0.15) is 10.3 Å². The number of thiazole rings is 1. The highest BCUT2D eigenvalue weighted by molar-refractivity contribution is 7.71. The molecule has 0 bridgehead atoms. The quantitative estimate of drug-likeness (QED) is 0.659. The van der Waals surface area contributed by atoms with Crippen LogP contribution in [0.15, 0.2) is 0 Å². The largest absolute Gasteiger partial charge is 0.333 e. The fraction of sp³-hybridized carbons (Fsp3) is 0.286. The van der Waals surface area contributed by atoms with Gasteiger partial charge in [0.15, 0.2) is 4.77 Å². The van der Waals surface area contributed by atoms with Crippen LogP contribution in [0.5, 0.6) is 0 Å². The van der Waals surface area contributed by atoms with Crippen molar-refractivity contribution in [1.82, 2.24) is 15.0 Å². The lowest BCUT2D eigenvalue weighted by atomic mass is 10.4. The molecule has 0 fully saturated rings. The maximum Gasteiger partial charge on any atom is 0.198 e. The predicted molar refractivity (Wildman–Crippen MR) is 52.1 cm³/mol. The van der Waals surface area contributed by atoms with Gasteiger partial charge in [-0.3, -0.25) is 0 Å². The number of fused-ring (bicyclic) bond motifs is 1. The molecule has 0 aliphatic rings. The highest BCUT2D eigenvalue weighted by atomic mass is 32.1. The predicted octanol–water partition coefficient (Wildman–Crippen LogP) is 2.37. The number of nitrogens with one attached hydrogen (secondary N) is 1. The molecule has 2 aromatic rings. The number of H-pyrrole nitrogens is 1. The monoisotopic (exact) mass is 197 g/mol. The molecule has 0 saturated carbocycles. The molecular formula is C7H7N3S2. The first-order valence-electron chi connectivity index (χ1n) is 3.51. The van der Waals surface area contributed by atoms with Crippen molar-refractivity contribution in [3.63, 3.8) is 0 Å². The number of hydrogen-bond donors (Lipinski definition) is 1. The van der Waals surface area contributed by atoms with Crippen molar-refractivity contribution in [2.45, 2.75) is 13.8 Å². The summed E-state index contributed by atoms with van der Waals surface area (Å²) in [4.78, 5) is 12.4. The molecular weight excluding hydrogens is 190 g/mol. The summed E-state index contributed by atoms with van der Waals surface area (Å²) in [7, 11) is 0. The van der Waals surface area contributed by atoms with Gasteiger partial charge in [0, 0.05) is 5.69 Å². The van der Waals surface area contributed by atoms with Crippen LogP contribution in [0.4, 0.5) is 0 Å². The smallest absolute Gasteiger partial charge is 0.198 e. The highest BCUT2D eigenvalue weighted by Gasteiger charge is 2.03. The molecule has 0 spiro atoms. The molecule has 0 unspecified atom stereocenters. The number of aromatic nitrogens is 3. The van der Waals surface area contributed by atoms with Crippen LogP contribution >= 0.6 is 23.6 Å². The molecule has 3 nitrogen and oxygen atoms in total. The Morgan fingerprint density at radius 2 is 2.08 bits per heavy atom. The van der Waals surface area contributed by atoms with E-state index in [1.807, 2.05) is 13.8 Å². The van der Waals surface area contributed by atoms with Gasteiger partial charge in [0.25, 0.3) is 0 Å². The van der Waals surface area contributed by atoms with Gasteiger partial charge in [0.05, 0.1) is 5.01 Å². The van der Waals surface area contributed by atoms with Crippen molar-refractivity contribution in [1.29, 1.82) is 0 Å². The van der Waals surface area contributed by atoms with Crippen LogP contribution in [0.2, 0.25) is 0 Å². The summed E-state index contributed by atoms with van der Waals surface area (Å²) in [6.45, 7) is 3.92. The maximum absolute atomic E-state index is 4.95. The van der Waals surface area contributed by atoms with E-state index in [9.17, 15) is 0 Å². The third-order valence-electron chi connectivity index (χ3n) is 1.57. The molecule has 62 valence electrons. The topological polar surface area (TPSA) is 41.6 Å². The Hall–Kier alpha value is -0.810. The first-order chi connectivity index (χ1) is 5.66. The maximum atomic E-state index is 4.95. The van der Waals surface area contributed by atoms with Crippen LogP contribution in [-0.4, -0.2) is 15.0 Å². The molecule has 5 heteroatoms. The Morgan fingerprint density at radius 3 is 2.83 bits per heavy atom. The second-order valence-electron chi connectivity index (χ2n) is 2.55. The molecule has 2 heterocycles. The van der Waals surface area contributed by atoms with Gasteiger partial charge in [-0.1, -0.05) is 11.3 Å². The zero-order valence-corrected chi connectivity index (χ0v) is 8.34. The average Bonchev–Trinajstić information content (AvgIpc) is 2.29. The van der Waals surface area contributed by atoms with E-state index in [0.717, 1.165) is 21.0 Å². The van der Waals surface area contributed by atoms with Gasteiger partial charge >= 0.3 is 0 Å². The van der Waals surface area contributed by atoms with Gasteiger partial charge in [-0.15, -0.1) is 0 Å². The zero-order valence-electron chi connectivity index (χ0n) is 6.71. The van der Waals surface area contributed by atoms with Crippen molar-refractivity contribution < 1.29 is 0 Å². The van der Waals surface area contributed by atoms with Gasteiger partial charge < -0.3 is 4.98 Å². The fourth-order valence-corrected chi connectivity index (χ4v) is 2.23. The minimum Gasteiger partial charge on any atom is -0.333 e. The molecule has 0 radical (unpaired) electrons. The van der Waals surface area contributed by atoms with Crippen LogP contribution in [0, 0.1) is 18.6 Å². The molecule has 0 aliphatic carbocycles. The van der Waals surface area contributed by atoms with Gasteiger partial charge in [-0.2, -0.15) is 0 Å². The van der Waals surface area contributed by atoms with Crippen molar-refractivity contribution in [3.8, 4) is 0 Å². The summed E-state index contributed by atoms with van der Waals surface area (Å²) < 4.78 is 0.531. The standard InChI is InChI=1S/C7H7N3S2/c1-3-5-6(10-7(11)8-3)12-4(2)9-5/h1-2H3,(H,8,10,11). The van der Waals surface area contributed by atoms with E-state index in [4.69, 9.17) is 12.2 Å². The van der Waals surface area contributed by atoms with Crippen molar-refractivity contribution in [2.75, 3.05) is 0 Å². The lowest BCUT2D eigenvalue weighted by Gasteiger charge is -1.91. The van der Waals surface area contributed by atoms with Gasteiger partial charge in [-0.25, -0.2) is 9.97 Å². The van der Waals surface area contributed by atoms with Crippen LogP contribution in [0.1, 0.15) is 10.7 Å². The summed E-state index contributed by atoms with van der Waals surface area (Å²) in [5.41, 5.74) is 1.93. The Kier molecular flexibility index (Phi) is 1.69. The fourth-order valence-electron chi connectivity index (χ4n) is 1.08. The molecule has 0 atom stereocenters. The molecule has 2 aromatic heterocycles. The Bertz CT molecular complexity index is 483. The number of aromatic amines is 1. The summed E-state index contributed by atoms with van der Waals surface area (Å²) in [5.74, 6) is 0. The minimum absolute atomic E-state index is 0.531. The van der Waals surface area contributed by atoms with Crippen LogP contribution in [-0.2, 0) is 0 Å². The molecule has 0 amide bonds. The molecule has 0 aromatic carbocycles. The third-order valence-corrected chi connectivity index (χ3v) is 2.63. The Morgan fingerprint density at radius 1 is 1.33 bits per heavy atom. The number of rotatable bonds is 0. The first kappa shape index (κ1) is 7.82. The van der Waals surface area contributed by atoms with E-state index in [1.165, 1.54) is 0 Å². The van der Waals surface area contributed by atoms with E-state index in [-0.39, 0.29) is 0 Å². The summed E-state index contributed by atoms with van der Waals surface area (Å²) in [6.07, 6.45) is 0. The van der Waals surface area contributed by atoms with Crippen LogP contribution in [0.3, 0.4) is 0 Å². The Balaban J connectivity index is 2.97. The van der Waals surface area contributed by atoms with Crippen LogP contribution < -0.4 is 0 Å². The second-order valence-corrected chi connectivity index (χ2v) is 4.12. The first-order valence-corrected chi connectivity index (χ1v) is 4.73. The van der Waals surface area contributed by atoms with E-state index in [0.29, 0.717) is 4.77 Å². The van der Waals surface area contributed by atoms with E-state index < -0.39 is 0 Å². The molecule has 0 saturated heterocycles. The highest BCUT2D eigenvalue weighted by Crippen LogP contribution is 2.20. The average molecular weight is 197 g/mol. The van der Waals surface area contributed by atoms with Crippen molar-refractivity contribution in [3.05, 3.63) is 15.5 Å². The summed E-state index contributed by atoms with van der Waals surface area (Å²) in [5, 5.41) is 1.02. The van der Waals surface area contributed by atoms with Gasteiger partial charge in [-0.05, 0) is 26.1 Å².